The van der Waals surface area contributed by atoms with Crippen molar-refractivity contribution in [3.05, 3.63) is 71.0 Å². The number of halogens is 1. The number of benzene rings is 2. The number of nitrogens with zero attached hydrogens (tertiary/aromatic N) is 1. The topological polar surface area (TPSA) is 86.8 Å². The zero-order valence-electron chi connectivity index (χ0n) is 14.0. The first-order valence-electron chi connectivity index (χ1n) is 8.15. The third kappa shape index (κ3) is 7.46. The van der Waals surface area contributed by atoms with Gasteiger partial charge in [0, 0.05) is 19.6 Å². The lowest BCUT2D eigenvalue weighted by molar-refractivity contribution is 0.255. The number of nitrogens with two attached hydrogens (primary N) is 1. The number of rotatable bonds is 9. The van der Waals surface area contributed by atoms with Crippen LogP contribution < -0.4 is 5.73 Å². The minimum atomic E-state index is -4.05. The van der Waals surface area contributed by atoms with Crippen molar-refractivity contribution in [3.8, 4) is 0 Å². The van der Waals surface area contributed by atoms with Crippen LogP contribution in [0.3, 0.4) is 0 Å². The Morgan fingerprint density at radius 3 is 1.88 bits per heavy atom. The molecule has 0 bridgehead atoms. The lowest BCUT2D eigenvalue weighted by atomic mass is 10.1. The third-order valence-electron chi connectivity index (χ3n) is 3.82. The second kappa shape index (κ2) is 9.22. The van der Waals surface area contributed by atoms with E-state index in [9.17, 15) is 8.96 Å². The third-order valence-corrected chi connectivity index (χ3v) is 4.59. The standard InChI is InChI=1S/C18H24FN2O3P/c19-18-8-6-16(7-9-18)13-21(11-1-10-20)12-15-2-4-17(5-3-15)14-25(22,23)24/h2-9H,1,10-14,20H2,(H2,22,23,24). The maximum absolute atomic E-state index is 13.0. The Labute approximate surface area is 147 Å². The summed E-state index contributed by atoms with van der Waals surface area (Å²) in [7, 11) is -4.05. The normalized spacial score (nSPS) is 11.9. The summed E-state index contributed by atoms with van der Waals surface area (Å²) >= 11 is 0. The molecule has 0 saturated carbocycles. The van der Waals surface area contributed by atoms with Gasteiger partial charge in [0.15, 0.2) is 0 Å². The molecule has 0 aliphatic rings. The molecule has 0 heterocycles. The van der Waals surface area contributed by atoms with Gasteiger partial charge in [-0.3, -0.25) is 9.46 Å². The van der Waals surface area contributed by atoms with Crippen molar-refractivity contribution in [2.75, 3.05) is 13.1 Å². The summed E-state index contributed by atoms with van der Waals surface area (Å²) < 4.78 is 24.1. The Kier molecular flexibility index (Phi) is 7.29. The lowest BCUT2D eigenvalue weighted by Gasteiger charge is -2.22. The molecule has 0 spiro atoms. The van der Waals surface area contributed by atoms with Gasteiger partial charge >= 0.3 is 7.60 Å². The minimum Gasteiger partial charge on any atom is -0.330 e. The second-order valence-electron chi connectivity index (χ2n) is 6.12. The Hall–Kier alpha value is -1.56. The van der Waals surface area contributed by atoms with Gasteiger partial charge in [-0.1, -0.05) is 36.4 Å². The van der Waals surface area contributed by atoms with Gasteiger partial charge in [-0.2, -0.15) is 0 Å². The highest BCUT2D eigenvalue weighted by Crippen LogP contribution is 2.38. The molecule has 2 aromatic carbocycles. The molecular formula is C18H24FN2O3P. The molecule has 25 heavy (non-hydrogen) atoms. The summed E-state index contributed by atoms with van der Waals surface area (Å²) in [4.78, 5) is 20.3. The quantitative estimate of drug-likeness (QED) is 0.594. The minimum absolute atomic E-state index is 0.250. The summed E-state index contributed by atoms with van der Waals surface area (Å²) in [6.07, 6.45) is 0.608. The maximum atomic E-state index is 13.0. The van der Waals surface area contributed by atoms with E-state index >= 15 is 0 Å². The second-order valence-corrected chi connectivity index (χ2v) is 7.76. The van der Waals surface area contributed by atoms with Gasteiger partial charge in [-0.05, 0) is 41.8 Å². The monoisotopic (exact) mass is 366 g/mol. The van der Waals surface area contributed by atoms with Crippen LogP contribution in [0.15, 0.2) is 48.5 Å². The highest BCUT2D eigenvalue weighted by atomic mass is 31.2. The predicted octanol–water partition coefficient (Wildman–Crippen LogP) is 2.85. The molecule has 0 aliphatic carbocycles. The van der Waals surface area contributed by atoms with Crippen molar-refractivity contribution in [3.63, 3.8) is 0 Å². The van der Waals surface area contributed by atoms with Crippen molar-refractivity contribution in [2.45, 2.75) is 25.7 Å². The molecular weight excluding hydrogens is 342 g/mol. The molecule has 136 valence electrons. The molecule has 5 nitrogen and oxygen atoms in total. The van der Waals surface area contributed by atoms with E-state index in [2.05, 4.69) is 4.90 Å². The largest absolute Gasteiger partial charge is 0.330 e. The average Bonchev–Trinajstić information content (AvgIpc) is 2.55. The van der Waals surface area contributed by atoms with E-state index in [4.69, 9.17) is 15.5 Å². The molecule has 0 radical (unpaired) electrons. The van der Waals surface area contributed by atoms with Gasteiger partial charge in [-0.25, -0.2) is 4.39 Å². The number of hydrogen-bond donors (Lipinski definition) is 3. The Balaban J connectivity index is 2.02. The van der Waals surface area contributed by atoms with Crippen LogP contribution in [0.1, 0.15) is 23.1 Å². The summed E-state index contributed by atoms with van der Waals surface area (Å²) in [6.45, 7) is 2.79. The zero-order valence-corrected chi connectivity index (χ0v) is 14.9. The molecule has 2 rings (SSSR count). The zero-order chi connectivity index (χ0) is 18.3. The van der Waals surface area contributed by atoms with Crippen molar-refractivity contribution >= 4 is 7.60 Å². The number of hydrogen-bond acceptors (Lipinski definition) is 3. The van der Waals surface area contributed by atoms with Crippen LogP contribution in [-0.4, -0.2) is 27.8 Å². The van der Waals surface area contributed by atoms with Gasteiger partial charge in [0.05, 0.1) is 6.16 Å². The van der Waals surface area contributed by atoms with E-state index in [0.717, 1.165) is 24.1 Å². The van der Waals surface area contributed by atoms with Crippen LogP contribution in [0.2, 0.25) is 0 Å². The van der Waals surface area contributed by atoms with E-state index in [0.29, 0.717) is 25.2 Å². The molecule has 0 fully saturated rings. The van der Waals surface area contributed by atoms with Crippen LogP contribution in [0.25, 0.3) is 0 Å². The van der Waals surface area contributed by atoms with Crippen molar-refractivity contribution in [1.82, 2.24) is 4.90 Å². The van der Waals surface area contributed by atoms with Gasteiger partial charge in [-0.15, -0.1) is 0 Å². The van der Waals surface area contributed by atoms with Crippen LogP contribution in [0.5, 0.6) is 0 Å². The molecule has 4 N–H and O–H groups in total. The Bertz CT molecular complexity index is 701. The van der Waals surface area contributed by atoms with Crippen molar-refractivity contribution < 1.29 is 18.7 Å². The summed E-state index contributed by atoms with van der Waals surface area (Å²) in [5, 5.41) is 0. The van der Waals surface area contributed by atoms with E-state index < -0.39 is 7.60 Å². The molecule has 0 atom stereocenters. The van der Waals surface area contributed by atoms with Crippen LogP contribution in [-0.2, 0) is 23.8 Å². The van der Waals surface area contributed by atoms with E-state index in [1.807, 2.05) is 12.1 Å². The van der Waals surface area contributed by atoms with Crippen LogP contribution >= 0.6 is 7.60 Å². The van der Waals surface area contributed by atoms with Gasteiger partial charge in [0.2, 0.25) is 0 Å². The fourth-order valence-corrected chi connectivity index (χ4v) is 3.31. The Morgan fingerprint density at radius 1 is 0.920 bits per heavy atom. The summed E-state index contributed by atoms with van der Waals surface area (Å²) in [5.74, 6) is -0.252. The molecule has 0 saturated heterocycles. The highest BCUT2D eigenvalue weighted by molar-refractivity contribution is 7.50. The Morgan fingerprint density at radius 2 is 1.40 bits per heavy atom. The van der Waals surface area contributed by atoms with Gasteiger partial charge in [0.1, 0.15) is 5.82 Å². The molecule has 2 aromatic rings. The lowest BCUT2D eigenvalue weighted by Crippen LogP contribution is -2.25. The van der Waals surface area contributed by atoms with Crippen LogP contribution in [0, 0.1) is 5.82 Å². The first kappa shape index (κ1) is 19.8. The SMILES string of the molecule is NCCCN(Cc1ccc(F)cc1)Cc1ccc(CP(=O)(O)O)cc1. The summed E-state index contributed by atoms with van der Waals surface area (Å²) in [5.41, 5.74) is 8.30. The fraction of sp³-hybridized carbons (Fsp3) is 0.333. The highest BCUT2D eigenvalue weighted by Gasteiger charge is 2.14. The van der Waals surface area contributed by atoms with E-state index in [-0.39, 0.29) is 12.0 Å². The van der Waals surface area contributed by atoms with Crippen molar-refractivity contribution in [1.29, 1.82) is 0 Å². The maximum Gasteiger partial charge on any atom is 0.329 e. The predicted molar refractivity (Wildman–Crippen MR) is 96.4 cm³/mol. The smallest absolute Gasteiger partial charge is 0.329 e. The first-order chi connectivity index (χ1) is 11.9. The van der Waals surface area contributed by atoms with Gasteiger partial charge < -0.3 is 15.5 Å². The first-order valence-corrected chi connectivity index (χ1v) is 9.95. The fourth-order valence-electron chi connectivity index (χ4n) is 2.62. The average molecular weight is 366 g/mol. The molecule has 0 unspecified atom stereocenters. The van der Waals surface area contributed by atoms with E-state index in [1.165, 1.54) is 12.1 Å². The van der Waals surface area contributed by atoms with Crippen LogP contribution in [0.4, 0.5) is 4.39 Å². The molecule has 0 aromatic heterocycles. The van der Waals surface area contributed by atoms with Crippen molar-refractivity contribution in [2.24, 2.45) is 5.73 Å². The molecule has 0 amide bonds. The van der Waals surface area contributed by atoms with E-state index in [1.54, 1.807) is 24.3 Å². The molecule has 7 heteroatoms. The summed E-state index contributed by atoms with van der Waals surface area (Å²) in [6, 6.07) is 13.7. The molecule has 0 aliphatic heterocycles. The van der Waals surface area contributed by atoms with Gasteiger partial charge in [0.25, 0.3) is 0 Å².